The molecule has 0 amide bonds. The topological polar surface area (TPSA) is 57.0 Å². The van der Waals surface area contributed by atoms with E-state index in [9.17, 15) is 31.5 Å². The molecule has 1 aromatic carbocycles. The van der Waals surface area contributed by atoms with Crippen LogP contribution in [-0.4, -0.2) is 24.7 Å². The van der Waals surface area contributed by atoms with E-state index in [0.717, 1.165) is 13.2 Å². The van der Waals surface area contributed by atoms with Crippen molar-refractivity contribution in [1.82, 2.24) is 0 Å². The first-order valence-corrected chi connectivity index (χ1v) is 5.03. The molecule has 1 rings (SSSR count). The quantitative estimate of drug-likeness (QED) is 0.665. The van der Waals surface area contributed by atoms with Crippen LogP contribution in [0, 0.1) is 5.21 Å². The molecule has 2 N–H and O–H groups in total. The maximum absolute atomic E-state index is 12.5. The predicted molar refractivity (Wildman–Crippen MR) is 53.6 cm³/mol. The molecule has 0 saturated heterocycles. The van der Waals surface area contributed by atoms with Crippen LogP contribution < -0.4 is 9.96 Å². The van der Waals surface area contributed by atoms with E-state index in [2.05, 4.69) is 4.74 Å². The lowest BCUT2D eigenvalue weighted by Crippen LogP contribution is -2.99. The summed E-state index contributed by atoms with van der Waals surface area (Å²) in [5, 5.41) is 17.9. The van der Waals surface area contributed by atoms with E-state index < -0.39 is 34.7 Å². The molecule has 10 heteroatoms. The van der Waals surface area contributed by atoms with Crippen molar-refractivity contribution in [3.63, 3.8) is 0 Å². The number of methoxy groups -OCH3 is 1. The molecule has 0 radical (unpaired) electrons. The average molecular weight is 305 g/mol. The molecule has 1 atom stereocenters. The maximum atomic E-state index is 12.5. The van der Waals surface area contributed by atoms with E-state index in [1.165, 1.54) is 0 Å². The Hall–Kier alpha value is -1.52. The largest absolute Gasteiger partial charge is 0.595 e. The summed E-state index contributed by atoms with van der Waals surface area (Å²) in [7, 11) is 1.05. The Kier molecular flexibility index (Phi) is 4.52. The number of hydrogen-bond donors (Lipinski definition) is 2. The molecule has 20 heavy (non-hydrogen) atoms. The van der Waals surface area contributed by atoms with Crippen LogP contribution in [0.3, 0.4) is 0 Å². The standard InChI is InChI=1S/C10H9F6NO3/c1-20-7-3-2-5(4-6(7)17(18)19)8(9(11,12)13)10(14,15)16/h2-4,8,17-18H,1H3. The first kappa shape index (κ1) is 16.5. The molecule has 0 bridgehead atoms. The Balaban J connectivity index is 3.40. The second-order valence-electron chi connectivity index (χ2n) is 3.78. The highest BCUT2D eigenvalue weighted by molar-refractivity contribution is 5.49. The van der Waals surface area contributed by atoms with Crippen LogP contribution in [0.25, 0.3) is 0 Å². The number of ether oxygens (including phenoxy) is 1. The van der Waals surface area contributed by atoms with E-state index in [4.69, 9.17) is 5.21 Å². The van der Waals surface area contributed by atoms with E-state index in [1.54, 1.807) is 0 Å². The van der Waals surface area contributed by atoms with Gasteiger partial charge in [0.1, 0.15) is 0 Å². The van der Waals surface area contributed by atoms with Crippen LogP contribution in [-0.2, 0) is 0 Å². The van der Waals surface area contributed by atoms with Crippen LogP contribution in [0.15, 0.2) is 18.2 Å². The molecule has 0 aliphatic carbocycles. The highest BCUT2D eigenvalue weighted by Gasteiger charge is 2.57. The second-order valence-corrected chi connectivity index (χ2v) is 3.78. The predicted octanol–water partition coefficient (Wildman–Crippen LogP) is 2.31. The fraction of sp³-hybridized carbons (Fsp3) is 0.400. The Morgan fingerprint density at radius 3 is 2.00 bits per heavy atom. The lowest BCUT2D eigenvalue weighted by molar-refractivity contribution is -0.991. The van der Waals surface area contributed by atoms with Crippen LogP contribution in [0.4, 0.5) is 32.0 Å². The highest BCUT2D eigenvalue weighted by atomic mass is 19.4. The molecule has 0 aromatic heterocycles. The maximum Gasteiger partial charge on any atom is 0.404 e. The third kappa shape index (κ3) is 3.52. The van der Waals surface area contributed by atoms with Crippen molar-refractivity contribution in [1.29, 1.82) is 0 Å². The van der Waals surface area contributed by atoms with Gasteiger partial charge in [-0.15, -0.1) is 0 Å². The number of nitrogens with one attached hydrogen (secondary N) is 1. The minimum absolute atomic E-state index is 0.312. The van der Waals surface area contributed by atoms with Crippen molar-refractivity contribution in [3.8, 4) is 5.75 Å². The van der Waals surface area contributed by atoms with Crippen molar-refractivity contribution in [2.45, 2.75) is 18.3 Å². The van der Waals surface area contributed by atoms with Gasteiger partial charge in [-0.2, -0.15) is 31.6 Å². The van der Waals surface area contributed by atoms with Crippen molar-refractivity contribution in [3.05, 3.63) is 29.0 Å². The van der Waals surface area contributed by atoms with Crippen LogP contribution in [0.5, 0.6) is 5.75 Å². The highest BCUT2D eigenvalue weighted by Crippen LogP contribution is 2.47. The summed E-state index contributed by atoms with van der Waals surface area (Å²) in [5.74, 6) is -4.08. The van der Waals surface area contributed by atoms with Gasteiger partial charge in [-0.25, -0.2) is 5.21 Å². The number of halogens is 6. The van der Waals surface area contributed by atoms with Gasteiger partial charge >= 0.3 is 12.4 Å². The molecule has 0 aliphatic heterocycles. The Bertz CT molecular complexity index is 457. The zero-order valence-corrected chi connectivity index (χ0v) is 9.84. The van der Waals surface area contributed by atoms with Gasteiger partial charge < -0.3 is 9.94 Å². The monoisotopic (exact) mass is 305 g/mol. The van der Waals surface area contributed by atoms with Gasteiger partial charge in [0, 0.05) is 6.07 Å². The fourth-order valence-corrected chi connectivity index (χ4v) is 1.64. The van der Waals surface area contributed by atoms with E-state index in [0.29, 0.717) is 12.1 Å². The zero-order chi connectivity index (χ0) is 15.7. The minimum atomic E-state index is -5.58. The fourth-order valence-electron chi connectivity index (χ4n) is 1.64. The molecular weight excluding hydrogens is 296 g/mol. The third-order valence-electron chi connectivity index (χ3n) is 2.44. The second kappa shape index (κ2) is 5.46. The van der Waals surface area contributed by atoms with E-state index in [-0.39, 0.29) is 5.75 Å². The molecule has 1 aromatic rings. The summed E-state index contributed by atoms with van der Waals surface area (Å²) in [5.41, 5.74) is -1.98. The number of alkyl halides is 6. The summed E-state index contributed by atoms with van der Waals surface area (Å²) in [4.78, 5) is 0. The molecule has 0 heterocycles. The van der Waals surface area contributed by atoms with Gasteiger partial charge in [0.2, 0.25) is 5.69 Å². The van der Waals surface area contributed by atoms with Gasteiger partial charge in [-0.05, 0) is 11.6 Å². The molecule has 0 aliphatic rings. The number of hydrogen-bond acceptors (Lipinski definition) is 3. The molecular formula is C10H9F6NO3. The summed E-state index contributed by atoms with van der Waals surface area (Å²) in [6.07, 6.45) is -11.2. The van der Waals surface area contributed by atoms with Crippen LogP contribution in [0.2, 0.25) is 0 Å². The smallest absolute Gasteiger partial charge is 0.404 e. The first-order valence-electron chi connectivity index (χ1n) is 5.03. The molecule has 4 nitrogen and oxygen atoms in total. The lowest BCUT2D eigenvalue weighted by atomic mass is 9.97. The lowest BCUT2D eigenvalue weighted by Gasteiger charge is -2.24. The molecule has 0 spiro atoms. The van der Waals surface area contributed by atoms with Gasteiger partial charge in [-0.1, -0.05) is 6.07 Å². The molecule has 0 saturated carbocycles. The minimum Gasteiger partial charge on any atom is -0.595 e. The van der Waals surface area contributed by atoms with E-state index >= 15 is 0 Å². The number of rotatable bonds is 3. The third-order valence-corrected chi connectivity index (χ3v) is 2.44. The van der Waals surface area contributed by atoms with Crippen LogP contribution in [0.1, 0.15) is 11.5 Å². The van der Waals surface area contributed by atoms with Gasteiger partial charge in [0.05, 0.1) is 7.11 Å². The summed E-state index contributed by atoms with van der Waals surface area (Å²) >= 11 is 0. The van der Waals surface area contributed by atoms with Crippen molar-refractivity contribution in [2.75, 3.05) is 7.11 Å². The molecule has 0 fully saturated rings. The van der Waals surface area contributed by atoms with Crippen molar-refractivity contribution >= 4 is 5.69 Å². The van der Waals surface area contributed by atoms with Crippen molar-refractivity contribution < 1.29 is 41.5 Å². The Morgan fingerprint density at radius 1 is 1.15 bits per heavy atom. The van der Waals surface area contributed by atoms with Crippen molar-refractivity contribution in [2.24, 2.45) is 0 Å². The average Bonchev–Trinajstić information content (AvgIpc) is 2.24. The Labute approximate surface area is 108 Å². The number of quaternary nitrogens is 1. The van der Waals surface area contributed by atoms with Crippen LogP contribution >= 0.6 is 0 Å². The number of benzene rings is 1. The summed E-state index contributed by atoms with van der Waals surface area (Å²) in [6, 6.07) is 1.60. The normalized spacial score (nSPS) is 14.5. The van der Waals surface area contributed by atoms with Gasteiger partial charge in [-0.3, -0.25) is 0 Å². The zero-order valence-electron chi connectivity index (χ0n) is 9.84. The summed E-state index contributed by atoms with van der Waals surface area (Å²) in [6.45, 7) is 0. The molecule has 114 valence electrons. The Morgan fingerprint density at radius 2 is 1.65 bits per heavy atom. The SMILES string of the molecule is COc1ccc(C(C(F)(F)F)C(F)(F)F)cc1[NH+]([O-])O. The summed E-state index contributed by atoms with van der Waals surface area (Å²) < 4.78 is 79.7. The van der Waals surface area contributed by atoms with E-state index in [1.807, 2.05) is 0 Å². The van der Waals surface area contributed by atoms with Gasteiger partial charge in [0.25, 0.3) is 0 Å². The molecule has 1 unspecified atom stereocenters. The van der Waals surface area contributed by atoms with Gasteiger partial charge in [0.15, 0.2) is 11.7 Å². The first-order chi connectivity index (χ1) is 8.98.